The largest absolute Gasteiger partial charge is 0.394 e. The van der Waals surface area contributed by atoms with Crippen LogP contribution in [0.15, 0.2) is 23.1 Å². The summed E-state index contributed by atoms with van der Waals surface area (Å²) in [5.41, 5.74) is 7.40. The van der Waals surface area contributed by atoms with E-state index in [1.165, 1.54) is 9.47 Å². The van der Waals surface area contributed by atoms with Crippen LogP contribution >= 0.6 is 0 Å². The van der Waals surface area contributed by atoms with Crippen molar-refractivity contribution in [2.45, 2.75) is 13.8 Å². The maximum atomic E-state index is 11.8. The van der Waals surface area contributed by atoms with Gasteiger partial charge in [0.15, 0.2) is 11.4 Å². The van der Waals surface area contributed by atoms with E-state index in [0.717, 1.165) is 11.4 Å². The minimum Gasteiger partial charge on any atom is -0.394 e. The summed E-state index contributed by atoms with van der Waals surface area (Å²) in [6.45, 7) is 3.84. The molecule has 0 aliphatic heterocycles. The van der Waals surface area contributed by atoms with Gasteiger partial charge in [-0.1, -0.05) is 0 Å². The van der Waals surface area contributed by atoms with Crippen molar-refractivity contribution in [2.75, 3.05) is 5.73 Å². The first-order valence-electron chi connectivity index (χ1n) is 4.92. The van der Waals surface area contributed by atoms with Gasteiger partial charge in [-0.2, -0.15) is 0 Å². The van der Waals surface area contributed by atoms with E-state index in [0.29, 0.717) is 0 Å². The molecule has 0 radical (unpaired) electrons. The highest BCUT2D eigenvalue weighted by atomic mass is 16.1. The van der Waals surface area contributed by atoms with Crippen molar-refractivity contribution in [3.8, 4) is 0 Å². The van der Waals surface area contributed by atoms with Crippen molar-refractivity contribution in [1.82, 2.24) is 14.7 Å². The minimum absolute atomic E-state index is 0.206. The molecule has 2 aromatic rings. The molecule has 0 aliphatic carbocycles. The zero-order valence-electron chi connectivity index (χ0n) is 9.51. The van der Waals surface area contributed by atoms with Crippen LogP contribution in [-0.4, -0.2) is 14.7 Å². The number of rotatable bonds is 1. The normalized spacial score (nSPS) is 10.7. The number of hydrogen-bond acceptors (Lipinski definition) is 3. The Morgan fingerprint density at radius 1 is 1.44 bits per heavy atom. The number of pyridine rings is 1. The second kappa shape index (κ2) is 3.48. The van der Waals surface area contributed by atoms with Crippen molar-refractivity contribution >= 4 is 5.69 Å². The van der Waals surface area contributed by atoms with Gasteiger partial charge in [-0.3, -0.25) is 4.79 Å². The molecule has 0 atom stereocenters. The van der Waals surface area contributed by atoms with E-state index in [4.69, 9.17) is 5.73 Å². The van der Waals surface area contributed by atoms with Gasteiger partial charge in [0.1, 0.15) is 17.9 Å². The van der Waals surface area contributed by atoms with E-state index in [1.54, 1.807) is 23.0 Å². The number of nitrogens with zero attached hydrogens (tertiary/aromatic N) is 4. The van der Waals surface area contributed by atoms with Crippen molar-refractivity contribution in [3.05, 3.63) is 40.1 Å². The summed E-state index contributed by atoms with van der Waals surface area (Å²) >= 11 is 0. The van der Waals surface area contributed by atoms with Gasteiger partial charge in [0, 0.05) is 13.8 Å². The number of anilines is 1. The zero-order chi connectivity index (χ0) is 11.9. The Hall–Kier alpha value is -2.11. The summed E-state index contributed by atoms with van der Waals surface area (Å²) in [7, 11) is 1.83. The summed E-state index contributed by atoms with van der Waals surface area (Å²) in [6.07, 6.45) is 1.64. The van der Waals surface area contributed by atoms with E-state index in [9.17, 15) is 4.79 Å². The lowest BCUT2D eigenvalue weighted by Crippen LogP contribution is -2.36. The predicted molar refractivity (Wildman–Crippen MR) is 58.8 cm³/mol. The Morgan fingerprint density at radius 2 is 2.12 bits per heavy atom. The van der Waals surface area contributed by atoms with Crippen molar-refractivity contribution in [3.63, 3.8) is 0 Å². The average molecular weight is 220 g/mol. The lowest BCUT2D eigenvalue weighted by atomic mass is 10.4. The van der Waals surface area contributed by atoms with Gasteiger partial charge in [0.2, 0.25) is 0 Å². The summed E-state index contributed by atoms with van der Waals surface area (Å²) in [4.78, 5) is 13.3. The maximum absolute atomic E-state index is 11.8. The van der Waals surface area contributed by atoms with Crippen LogP contribution in [0, 0.1) is 13.8 Å². The summed E-state index contributed by atoms with van der Waals surface area (Å²) in [6, 6.07) is 3.29. The zero-order valence-corrected chi connectivity index (χ0v) is 9.51. The van der Waals surface area contributed by atoms with Gasteiger partial charge in [-0.25, -0.2) is 0 Å². The molecular formula is C10H14N5O+. The number of nitrogens with two attached hydrogens (primary N) is 1. The van der Waals surface area contributed by atoms with E-state index < -0.39 is 0 Å². The summed E-state index contributed by atoms with van der Waals surface area (Å²) in [5, 5.41) is 4.22. The second-order valence-corrected chi connectivity index (χ2v) is 3.69. The van der Waals surface area contributed by atoms with Gasteiger partial charge in [-0.15, -0.1) is 9.36 Å². The molecule has 2 aromatic heterocycles. The molecule has 2 N–H and O–H groups in total. The van der Waals surface area contributed by atoms with Gasteiger partial charge in [0.25, 0.3) is 0 Å². The quantitative estimate of drug-likeness (QED) is 0.651. The SMILES string of the molecule is Cc1c(C)[n+](C)nn1-n1cccc(N)c1=O. The summed E-state index contributed by atoms with van der Waals surface area (Å²) in [5.74, 6) is 0. The van der Waals surface area contributed by atoms with Crippen LogP contribution in [-0.2, 0) is 7.05 Å². The van der Waals surface area contributed by atoms with Gasteiger partial charge in [0.05, 0.1) is 6.20 Å². The third-order valence-electron chi connectivity index (χ3n) is 2.69. The highest BCUT2D eigenvalue weighted by Crippen LogP contribution is 2.00. The standard InChI is InChI=1S/C10H14N5O/c1-7-8(2)15(12-13(7)3)14-6-4-5-9(11)10(14)16/h4-6H,11H2,1-3H3/q+1. The topological polar surface area (TPSA) is 69.7 Å². The van der Waals surface area contributed by atoms with Crippen LogP contribution in [0.2, 0.25) is 0 Å². The monoisotopic (exact) mass is 220 g/mol. The first-order chi connectivity index (χ1) is 7.52. The molecule has 0 fully saturated rings. The van der Waals surface area contributed by atoms with Crippen LogP contribution in [0.25, 0.3) is 0 Å². The molecule has 16 heavy (non-hydrogen) atoms. The molecule has 84 valence electrons. The molecule has 6 nitrogen and oxygen atoms in total. The van der Waals surface area contributed by atoms with Crippen LogP contribution < -0.4 is 16.0 Å². The molecule has 2 heterocycles. The Bertz CT molecular complexity index is 596. The third kappa shape index (κ3) is 1.39. The molecule has 0 unspecified atom stereocenters. The predicted octanol–water partition coefficient (Wildman–Crippen LogP) is -0.620. The van der Waals surface area contributed by atoms with E-state index in [1.807, 2.05) is 20.9 Å². The molecule has 6 heteroatoms. The molecular weight excluding hydrogens is 206 g/mol. The molecule has 0 amide bonds. The van der Waals surface area contributed by atoms with E-state index >= 15 is 0 Å². The number of nitrogen functional groups attached to an aromatic ring is 1. The Kier molecular flexibility index (Phi) is 2.26. The van der Waals surface area contributed by atoms with Gasteiger partial charge >= 0.3 is 5.56 Å². The lowest BCUT2D eigenvalue weighted by molar-refractivity contribution is -0.738. The van der Waals surface area contributed by atoms with Crippen LogP contribution in [0.5, 0.6) is 0 Å². The summed E-state index contributed by atoms with van der Waals surface area (Å²) < 4.78 is 3.10. The average Bonchev–Trinajstić information content (AvgIpc) is 2.50. The first kappa shape index (κ1) is 10.4. The van der Waals surface area contributed by atoms with Crippen molar-refractivity contribution in [2.24, 2.45) is 7.05 Å². The van der Waals surface area contributed by atoms with Gasteiger partial charge < -0.3 is 5.73 Å². The molecule has 0 spiro atoms. The minimum atomic E-state index is -0.270. The van der Waals surface area contributed by atoms with Crippen molar-refractivity contribution < 1.29 is 4.68 Å². The highest BCUT2D eigenvalue weighted by molar-refractivity contribution is 5.33. The fourth-order valence-corrected chi connectivity index (χ4v) is 1.49. The number of aromatic nitrogens is 4. The van der Waals surface area contributed by atoms with Crippen LogP contribution in [0.3, 0.4) is 0 Å². The van der Waals surface area contributed by atoms with Crippen LogP contribution in [0.1, 0.15) is 11.4 Å². The lowest BCUT2D eigenvalue weighted by Gasteiger charge is -1.99. The third-order valence-corrected chi connectivity index (χ3v) is 2.69. The molecule has 0 saturated heterocycles. The fraction of sp³-hybridized carbons (Fsp3) is 0.300. The first-order valence-corrected chi connectivity index (χ1v) is 4.92. The highest BCUT2D eigenvalue weighted by Gasteiger charge is 2.18. The molecule has 0 bridgehead atoms. The van der Waals surface area contributed by atoms with Crippen LogP contribution in [0.4, 0.5) is 5.69 Å². The van der Waals surface area contributed by atoms with Crippen molar-refractivity contribution in [1.29, 1.82) is 0 Å². The van der Waals surface area contributed by atoms with E-state index in [-0.39, 0.29) is 11.2 Å². The molecule has 2 rings (SSSR count). The van der Waals surface area contributed by atoms with E-state index in [2.05, 4.69) is 5.21 Å². The molecule has 0 saturated carbocycles. The number of aryl methyl sites for hydroxylation is 1. The molecule has 0 aliphatic rings. The number of hydrogen-bond donors (Lipinski definition) is 1. The molecule has 0 aromatic carbocycles. The maximum Gasteiger partial charge on any atom is 0.310 e. The van der Waals surface area contributed by atoms with Gasteiger partial charge in [-0.05, 0) is 16.9 Å². The Morgan fingerprint density at radius 3 is 2.69 bits per heavy atom. The Labute approximate surface area is 92.5 Å². The smallest absolute Gasteiger partial charge is 0.310 e. The fourth-order valence-electron chi connectivity index (χ4n) is 1.49. The second-order valence-electron chi connectivity index (χ2n) is 3.69. The Balaban J connectivity index is 2.73.